The quantitative estimate of drug-likeness (QED) is 0.396. The van der Waals surface area contributed by atoms with Gasteiger partial charge in [0.1, 0.15) is 0 Å². The molecule has 0 atom stereocenters. The van der Waals surface area contributed by atoms with Crippen molar-refractivity contribution >= 4 is 34.2 Å². The maximum atomic E-state index is 5.42. The average molecular weight is 242 g/mol. The highest BCUT2D eigenvalue weighted by molar-refractivity contribution is 14.1. The van der Waals surface area contributed by atoms with E-state index in [9.17, 15) is 0 Å². The van der Waals surface area contributed by atoms with E-state index in [4.69, 9.17) is 11.6 Å². The van der Waals surface area contributed by atoms with Gasteiger partial charge < -0.3 is 0 Å². The second kappa shape index (κ2) is 5.63. The van der Waals surface area contributed by atoms with Crippen LogP contribution in [-0.4, -0.2) is 5.88 Å². The van der Waals surface area contributed by atoms with Gasteiger partial charge in [-0.3, -0.25) is 0 Å². The summed E-state index contributed by atoms with van der Waals surface area (Å²) in [7, 11) is 0. The molecular formula is C6H8ClI. The highest BCUT2D eigenvalue weighted by Gasteiger charge is 1.77. The Kier molecular flexibility index (Phi) is 5.99. The third kappa shape index (κ3) is 4.65. The van der Waals surface area contributed by atoms with Gasteiger partial charge in [-0.15, -0.1) is 11.6 Å². The number of halogens is 2. The molecule has 0 fully saturated rings. The van der Waals surface area contributed by atoms with Crippen LogP contribution in [0.25, 0.3) is 0 Å². The zero-order valence-electron chi connectivity index (χ0n) is 4.70. The summed E-state index contributed by atoms with van der Waals surface area (Å²) in [5.74, 6) is 0.600. The molecule has 8 heavy (non-hydrogen) atoms. The first-order valence-corrected chi connectivity index (χ1v) is 3.97. The molecule has 0 saturated heterocycles. The molecular weight excluding hydrogens is 234 g/mol. The van der Waals surface area contributed by atoms with Gasteiger partial charge in [0.05, 0.1) is 0 Å². The molecule has 0 N–H and O–H groups in total. The van der Waals surface area contributed by atoms with Crippen molar-refractivity contribution in [1.82, 2.24) is 0 Å². The Morgan fingerprint density at radius 2 is 2.38 bits per heavy atom. The molecule has 0 amide bonds. The number of alkyl halides is 1. The van der Waals surface area contributed by atoms with E-state index in [-0.39, 0.29) is 0 Å². The fourth-order valence-corrected chi connectivity index (χ4v) is 1.31. The van der Waals surface area contributed by atoms with Crippen molar-refractivity contribution in [2.75, 3.05) is 5.88 Å². The Morgan fingerprint density at radius 1 is 1.75 bits per heavy atom. The third-order valence-electron chi connectivity index (χ3n) is 0.598. The molecule has 0 radical (unpaired) electrons. The lowest BCUT2D eigenvalue weighted by Crippen LogP contribution is -1.62. The Hall–Kier alpha value is 0.500. The van der Waals surface area contributed by atoms with Crippen LogP contribution < -0.4 is 0 Å². The van der Waals surface area contributed by atoms with Gasteiger partial charge in [-0.1, -0.05) is 18.2 Å². The highest BCUT2D eigenvalue weighted by atomic mass is 127. The number of hydrogen-bond donors (Lipinski definition) is 0. The summed E-state index contributed by atoms with van der Waals surface area (Å²) >= 11 is 7.65. The van der Waals surface area contributed by atoms with Crippen LogP contribution in [0.3, 0.4) is 0 Å². The predicted octanol–water partition coefficient (Wildman–Crippen LogP) is 3.12. The molecule has 0 aromatic rings. The Morgan fingerprint density at radius 3 is 2.75 bits per heavy atom. The van der Waals surface area contributed by atoms with E-state index < -0.39 is 0 Å². The van der Waals surface area contributed by atoms with Crippen molar-refractivity contribution in [3.63, 3.8) is 0 Å². The van der Waals surface area contributed by atoms with Crippen LogP contribution in [0.15, 0.2) is 21.8 Å². The summed E-state index contributed by atoms with van der Waals surface area (Å²) in [6.07, 6.45) is 5.97. The molecule has 0 aromatic carbocycles. The summed E-state index contributed by atoms with van der Waals surface area (Å²) in [6, 6.07) is 0. The van der Waals surface area contributed by atoms with Crippen LogP contribution in [-0.2, 0) is 0 Å². The van der Waals surface area contributed by atoms with Gasteiger partial charge >= 0.3 is 0 Å². The second-order valence-corrected chi connectivity index (χ2v) is 2.80. The maximum Gasteiger partial charge on any atom is 0.0417 e. The normalized spacial score (nSPS) is 13.1. The summed E-state index contributed by atoms with van der Waals surface area (Å²) in [4.78, 5) is 0. The first kappa shape index (κ1) is 8.50. The molecule has 46 valence electrons. The molecule has 0 aliphatic heterocycles. The van der Waals surface area contributed by atoms with Crippen LogP contribution in [0, 0.1) is 0 Å². The molecule has 0 saturated carbocycles. The predicted molar refractivity (Wildman–Crippen MR) is 47.6 cm³/mol. The minimum Gasteiger partial charge on any atom is -0.122 e. The van der Waals surface area contributed by atoms with Gasteiger partial charge in [-0.05, 0) is 29.5 Å². The smallest absolute Gasteiger partial charge is 0.0417 e. The lowest BCUT2D eigenvalue weighted by atomic mass is 10.5. The van der Waals surface area contributed by atoms with Gasteiger partial charge in [0.25, 0.3) is 0 Å². The van der Waals surface area contributed by atoms with Crippen molar-refractivity contribution in [2.45, 2.75) is 6.92 Å². The van der Waals surface area contributed by atoms with Crippen LogP contribution in [0.1, 0.15) is 6.92 Å². The SMILES string of the molecule is C/C=C\C(I)=C/CCl. The second-order valence-electron chi connectivity index (χ2n) is 1.24. The zero-order chi connectivity index (χ0) is 6.41. The van der Waals surface area contributed by atoms with E-state index >= 15 is 0 Å². The molecule has 0 aromatic heterocycles. The van der Waals surface area contributed by atoms with E-state index in [2.05, 4.69) is 22.6 Å². The van der Waals surface area contributed by atoms with Crippen LogP contribution in [0.5, 0.6) is 0 Å². The monoisotopic (exact) mass is 242 g/mol. The molecule has 0 bridgehead atoms. The summed E-state index contributed by atoms with van der Waals surface area (Å²) in [5.41, 5.74) is 0. The lowest BCUT2D eigenvalue weighted by Gasteiger charge is -1.82. The topological polar surface area (TPSA) is 0 Å². The van der Waals surface area contributed by atoms with E-state index in [0.717, 1.165) is 0 Å². The summed E-state index contributed by atoms with van der Waals surface area (Å²) in [5, 5.41) is 0. The highest BCUT2D eigenvalue weighted by Crippen LogP contribution is 2.06. The van der Waals surface area contributed by atoms with Crippen LogP contribution in [0.2, 0.25) is 0 Å². The van der Waals surface area contributed by atoms with E-state index in [1.807, 2.05) is 25.2 Å². The molecule has 0 aliphatic carbocycles. The van der Waals surface area contributed by atoms with Gasteiger partial charge in [-0.2, -0.15) is 0 Å². The molecule has 0 nitrogen and oxygen atoms in total. The van der Waals surface area contributed by atoms with Gasteiger partial charge in [0.15, 0.2) is 0 Å². The Balaban J connectivity index is 3.61. The first-order valence-electron chi connectivity index (χ1n) is 2.35. The number of hydrogen-bond acceptors (Lipinski definition) is 0. The molecule has 0 spiro atoms. The van der Waals surface area contributed by atoms with Crippen LogP contribution >= 0.6 is 34.2 Å². The molecule has 0 rings (SSSR count). The minimum atomic E-state index is 0.600. The summed E-state index contributed by atoms with van der Waals surface area (Å²) in [6.45, 7) is 1.99. The zero-order valence-corrected chi connectivity index (χ0v) is 7.61. The lowest BCUT2D eigenvalue weighted by molar-refractivity contribution is 1.68. The van der Waals surface area contributed by atoms with Crippen molar-refractivity contribution in [2.24, 2.45) is 0 Å². The molecule has 2 heteroatoms. The number of allylic oxidation sites excluding steroid dienone is 4. The van der Waals surface area contributed by atoms with Gasteiger partial charge in [-0.25, -0.2) is 0 Å². The van der Waals surface area contributed by atoms with E-state index in [1.165, 1.54) is 3.58 Å². The fourth-order valence-electron chi connectivity index (χ4n) is 0.301. The first-order chi connectivity index (χ1) is 3.81. The van der Waals surface area contributed by atoms with E-state index in [1.54, 1.807) is 0 Å². The number of rotatable bonds is 2. The summed E-state index contributed by atoms with van der Waals surface area (Å²) < 4.78 is 1.19. The van der Waals surface area contributed by atoms with Crippen LogP contribution in [0.4, 0.5) is 0 Å². The Labute approximate surface area is 68.7 Å². The average Bonchev–Trinajstić information content (AvgIpc) is 1.68. The van der Waals surface area contributed by atoms with Crippen molar-refractivity contribution in [3.8, 4) is 0 Å². The maximum absolute atomic E-state index is 5.42. The standard InChI is InChI=1S/C6H8ClI/c1-2-3-6(8)4-5-7/h2-4H,5H2,1H3/b3-2-,6-4+. The van der Waals surface area contributed by atoms with Crippen molar-refractivity contribution < 1.29 is 0 Å². The largest absolute Gasteiger partial charge is 0.122 e. The molecule has 0 unspecified atom stereocenters. The van der Waals surface area contributed by atoms with Gasteiger partial charge in [0.2, 0.25) is 0 Å². The van der Waals surface area contributed by atoms with Gasteiger partial charge in [0, 0.05) is 9.46 Å². The molecule has 0 heterocycles. The fraction of sp³-hybridized carbons (Fsp3) is 0.333. The molecule has 0 aliphatic rings. The van der Waals surface area contributed by atoms with Crippen molar-refractivity contribution in [1.29, 1.82) is 0 Å². The Bertz CT molecular complexity index is 105. The van der Waals surface area contributed by atoms with Crippen molar-refractivity contribution in [3.05, 3.63) is 21.8 Å². The van der Waals surface area contributed by atoms with E-state index in [0.29, 0.717) is 5.88 Å². The third-order valence-corrected chi connectivity index (χ3v) is 1.55. The minimum absolute atomic E-state index is 0.600.